The number of hydrogen-bond acceptors (Lipinski definition) is 5. The van der Waals surface area contributed by atoms with Crippen molar-refractivity contribution in [2.75, 3.05) is 26.7 Å². The Morgan fingerprint density at radius 2 is 2.11 bits per heavy atom. The zero-order valence-corrected chi connectivity index (χ0v) is 12.4. The van der Waals surface area contributed by atoms with E-state index in [4.69, 9.17) is 4.52 Å². The van der Waals surface area contributed by atoms with Gasteiger partial charge in [-0.2, -0.15) is 4.98 Å². The lowest BCUT2D eigenvalue weighted by atomic mass is 9.96. The minimum Gasteiger partial charge on any atom is -0.339 e. The van der Waals surface area contributed by atoms with E-state index in [0.29, 0.717) is 12.0 Å². The summed E-state index contributed by atoms with van der Waals surface area (Å²) in [7, 11) is 1.96. The second kappa shape index (κ2) is 7.01. The van der Waals surface area contributed by atoms with Crippen LogP contribution in [0.5, 0.6) is 0 Å². The Hall–Kier alpha value is -0.940. The zero-order valence-electron chi connectivity index (χ0n) is 12.4. The number of piperidine rings is 1. The molecule has 108 valence electrons. The Morgan fingerprint density at radius 1 is 1.37 bits per heavy atom. The quantitative estimate of drug-likeness (QED) is 0.796. The second-order valence-electron chi connectivity index (χ2n) is 5.66. The molecular weight excluding hydrogens is 240 g/mol. The van der Waals surface area contributed by atoms with E-state index in [1.165, 1.54) is 0 Å². The Labute approximate surface area is 115 Å². The second-order valence-corrected chi connectivity index (χ2v) is 5.66. The number of aromatic nitrogens is 2. The smallest absolute Gasteiger partial charge is 0.229 e. The monoisotopic (exact) mass is 266 g/mol. The Balaban J connectivity index is 1.82. The average Bonchev–Trinajstić information content (AvgIpc) is 2.88. The molecule has 0 bridgehead atoms. The van der Waals surface area contributed by atoms with Gasteiger partial charge in [-0.1, -0.05) is 5.16 Å². The molecule has 2 heterocycles. The zero-order chi connectivity index (χ0) is 13.7. The molecule has 1 aliphatic rings. The van der Waals surface area contributed by atoms with E-state index in [-0.39, 0.29) is 0 Å². The van der Waals surface area contributed by atoms with Gasteiger partial charge >= 0.3 is 0 Å². The molecule has 0 amide bonds. The van der Waals surface area contributed by atoms with Gasteiger partial charge in [0.1, 0.15) is 0 Å². The maximum absolute atomic E-state index is 5.43. The average molecular weight is 266 g/mol. The van der Waals surface area contributed by atoms with Gasteiger partial charge < -0.3 is 14.7 Å². The van der Waals surface area contributed by atoms with E-state index in [1.807, 2.05) is 7.05 Å². The summed E-state index contributed by atoms with van der Waals surface area (Å²) < 4.78 is 5.43. The van der Waals surface area contributed by atoms with E-state index in [9.17, 15) is 0 Å². The molecule has 1 aromatic heterocycles. The fraction of sp³-hybridized carbons (Fsp3) is 0.857. The molecule has 0 radical (unpaired) electrons. The van der Waals surface area contributed by atoms with Gasteiger partial charge in [-0.25, -0.2) is 0 Å². The van der Waals surface area contributed by atoms with Crippen LogP contribution in [0, 0.1) is 0 Å². The lowest BCUT2D eigenvalue weighted by Gasteiger charge is -2.33. The molecule has 1 saturated heterocycles. The van der Waals surface area contributed by atoms with Crippen molar-refractivity contribution in [2.45, 2.75) is 51.5 Å². The predicted octanol–water partition coefficient (Wildman–Crippen LogP) is 1.81. The third-order valence-electron chi connectivity index (χ3n) is 3.92. The largest absolute Gasteiger partial charge is 0.339 e. The van der Waals surface area contributed by atoms with Crippen LogP contribution in [0.15, 0.2) is 4.52 Å². The van der Waals surface area contributed by atoms with Crippen molar-refractivity contribution < 1.29 is 4.52 Å². The first-order valence-electron chi connectivity index (χ1n) is 7.42. The van der Waals surface area contributed by atoms with Gasteiger partial charge in [0.25, 0.3) is 0 Å². The van der Waals surface area contributed by atoms with E-state index < -0.39 is 0 Å². The molecule has 1 aliphatic heterocycles. The van der Waals surface area contributed by atoms with Gasteiger partial charge in [-0.3, -0.25) is 0 Å². The van der Waals surface area contributed by atoms with Gasteiger partial charge in [0.15, 0.2) is 5.82 Å². The standard InChI is InChI=1S/C14H26N4O/c1-11(2)18-9-6-12(7-10-18)14-16-13(17-19-14)5-4-8-15-3/h11-12,15H,4-10H2,1-3H3. The van der Waals surface area contributed by atoms with Gasteiger partial charge in [-0.15, -0.1) is 0 Å². The number of aryl methyl sites for hydroxylation is 1. The highest BCUT2D eigenvalue weighted by atomic mass is 16.5. The Kier molecular flexibility index (Phi) is 5.34. The van der Waals surface area contributed by atoms with Gasteiger partial charge in [-0.05, 0) is 59.8 Å². The van der Waals surface area contributed by atoms with Crippen molar-refractivity contribution >= 4 is 0 Å². The number of nitrogens with zero attached hydrogens (tertiary/aromatic N) is 3. The summed E-state index contributed by atoms with van der Waals surface area (Å²) in [4.78, 5) is 7.07. The normalized spacial score (nSPS) is 18.3. The van der Waals surface area contributed by atoms with Crippen LogP contribution in [0.3, 0.4) is 0 Å². The molecule has 0 unspecified atom stereocenters. The summed E-state index contributed by atoms with van der Waals surface area (Å²) in [6, 6.07) is 0.640. The Morgan fingerprint density at radius 3 is 2.74 bits per heavy atom. The fourth-order valence-corrected chi connectivity index (χ4v) is 2.62. The minimum absolute atomic E-state index is 0.459. The summed E-state index contributed by atoms with van der Waals surface area (Å²) >= 11 is 0. The van der Waals surface area contributed by atoms with E-state index in [0.717, 1.165) is 57.0 Å². The van der Waals surface area contributed by atoms with Crippen LogP contribution < -0.4 is 5.32 Å². The van der Waals surface area contributed by atoms with Crippen molar-refractivity contribution in [1.82, 2.24) is 20.4 Å². The molecule has 19 heavy (non-hydrogen) atoms. The van der Waals surface area contributed by atoms with Gasteiger partial charge in [0.2, 0.25) is 5.89 Å². The van der Waals surface area contributed by atoms with Gasteiger partial charge in [0, 0.05) is 18.4 Å². The number of hydrogen-bond donors (Lipinski definition) is 1. The maximum Gasteiger partial charge on any atom is 0.229 e. The van der Waals surface area contributed by atoms with Crippen molar-refractivity contribution in [2.24, 2.45) is 0 Å². The van der Waals surface area contributed by atoms with Crippen LogP contribution in [-0.4, -0.2) is 47.8 Å². The van der Waals surface area contributed by atoms with Crippen LogP contribution in [0.4, 0.5) is 0 Å². The first kappa shape index (κ1) is 14.5. The molecule has 0 atom stereocenters. The Bertz CT molecular complexity index is 369. The molecule has 1 fully saturated rings. The molecule has 5 heteroatoms. The molecular formula is C14H26N4O. The molecule has 0 aromatic carbocycles. The number of likely N-dealkylation sites (tertiary alicyclic amines) is 1. The molecule has 1 aromatic rings. The topological polar surface area (TPSA) is 54.2 Å². The molecule has 1 N–H and O–H groups in total. The molecule has 5 nitrogen and oxygen atoms in total. The van der Waals surface area contributed by atoms with Crippen molar-refractivity contribution in [3.05, 3.63) is 11.7 Å². The van der Waals surface area contributed by atoms with Crippen LogP contribution in [0.25, 0.3) is 0 Å². The summed E-state index contributed by atoms with van der Waals surface area (Å²) in [5, 5.41) is 7.22. The highest BCUT2D eigenvalue weighted by molar-refractivity contribution is 4.97. The van der Waals surface area contributed by atoms with Crippen molar-refractivity contribution in [1.29, 1.82) is 0 Å². The lowest BCUT2D eigenvalue weighted by Crippen LogP contribution is -2.37. The first-order chi connectivity index (χ1) is 9.20. The molecule has 0 spiro atoms. The highest BCUT2D eigenvalue weighted by Gasteiger charge is 2.25. The predicted molar refractivity (Wildman–Crippen MR) is 75.2 cm³/mol. The highest BCUT2D eigenvalue weighted by Crippen LogP contribution is 2.27. The summed E-state index contributed by atoms with van der Waals surface area (Å²) in [6.45, 7) is 7.79. The summed E-state index contributed by atoms with van der Waals surface area (Å²) in [5.41, 5.74) is 0. The summed E-state index contributed by atoms with van der Waals surface area (Å²) in [6.07, 6.45) is 4.23. The van der Waals surface area contributed by atoms with E-state index in [2.05, 4.69) is 34.2 Å². The van der Waals surface area contributed by atoms with Crippen LogP contribution in [-0.2, 0) is 6.42 Å². The maximum atomic E-state index is 5.43. The first-order valence-corrected chi connectivity index (χ1v) is 7.42. The third-order valence-corrected chi connectivity index (χ3v) is 3.92. The van der Waals surface area contributed by atoms with Crippen LogP contribution in [0.1, 0.15) is 50.7 Å². The number of rotatable bonds is 6. The molecule has 0 aliphatic carbocycles. The summed E-state index contributed by atoms with van der Waals surface area (Å²) in [5.74, 6) is 2.17. The fourth-order valence-electron chi connectivity index (χ4n) is 2.62. The van der Waals surface area contributed by atoms with Crippen LogP contribution in [0.2, 0.25) is 0 Å². The number of nitrogens with one attached hydrogen (secondary N) is 1. The van der Waals surface area contributed by atoms with Gasteiger partial charge in [0.05, 0.1) is 0 Å². The minimum atomic E-state index is 0.459. The lowest BCUT2D eigenvalue weighted by molar-refractivity contribution is 0.160. The molecule has 0 saturated carbocycles. The van der Waals surface area contributed by atoms with Crippen molar-refractivity contribution in [3.63, 3.8) is 0 Å². The van der Waals surface area contributed by atoms with Crippen LogP contribution >= 0.6 is 0 Å². The molecule has 2 rings (SSSR count). The SMILES string of the molecule is CNCCCc1noc(C2CCN(C(C)C)CC2)n1. The van der Waals surface area contributed by atoms with E-state index >= 15 is 0 Å². The van der Waals surface area contributed by atoms with E-state index in [1.54, 1.807) is 0 Å². The van der Waals surface area contributed by atoms with Crippen molar-refractivity contribution in [3.8, 4) is 0 Å². The third kappa shape index (κ3) is 4.01.